The van der Waals surface area contributed by atoms with Gasteiger partial charge in [-0.05, 0) is 42.9 Å². The first-order valence-corrected chi connectivity index (χ1v) is 7.65. The molecule has 0 aliphatic heterocycles. The molecule has 1 aromatic carbocycles. The zero-order valence-electron chi connectivity index (χ0n) is 10.5. The van der Waals surface area contributed by atoms with Crippen LogP contribution in [0.2, 0.25) is 5.02 Å². The lowest BCUT2D eigenvalue weighted by Gasteiger charge is -2.12. The number of sulfonamides is 1. The van der Waals surface area contributed by atoms with E-state index in [0.717, 1.165) is 12.8 Å². The van der Waals surface area contributed by atoms with E-state index in [0.29, 0.717) is 22.8 Å². The number of anilines is 1. The molecule has 100 valence electrons. The number of benzene rings is 1. The third-order valence-electron chi connectivity index (χ3n) is 3.46. The molecule has 2 rings (SSSR count). The largest absolute Gasteiger partial charge is 0.398 e. The summed E-state index contributed by atoms with van der Waals surface area (Å²) in [5.41, 5.74) is 6.94. The van der Waals surface area contributed by atoms with Crippen molar-refractivity contribution in [3.63, 3.8) is 0 Å². The molecule has 4 nitrogen and oxygen atoms in total. The summed E-state index contributed by atoms with van der Waals surface area (Å²) in [5, 5.41) is 0.369. The number of rotatable bonds is 4. The van der Waals surface area contributed by atoms with Crippen LogP contribution in [0.4, 0.5) is 5.69 Å². The van der Waals surface area contributed by atoms with Gasteiger partial charge in [-0.1, -0.05) is 18.5 Å². The molecule has 0 heterocycles. The Morgan fingerprint density at radius 1 is 1.44 bits per heavy atom. The minimum absolute atomic E-state index is 0.118. The van der Waals surface area contributed by atoms with Gasteiger partial charge in [0.1, 0.15) is 0 Å². The van der Waals surface area contributed by atoms with E-state index in [1.54, 1.807) is 6.92 Å². The summed E-state index contributed by atoms with van der Waals surface area (Å²) in [6.07, 6.45) is 2.12. The normalized spacial score (nSPS) is 17.7. The smallest absolute Gasteiger partial charge is 0.240 e. The molecule has 0 bridgehead atoms. The number of nitrogens with two attached hydrogens (primary N) is 1. The number of nitrogen functional groups attached to an aromatic ring is 1. The van der Waals surface area contributed by atoms with E-state index in [-0.39, 0.29) is 10.3 Å². The average Bonchev–Trinajstić information content (AvgIpc) is 3.02. The van der Waals surface area contributed by atoms with Crippen molar-refractivity contribution < 1.29 is 8.42 Å². The standard InChI is InChI=1S/C12H17ClN2O2S/c1-8-10(13)5-9(6-11(8)14)18(16,17)15-7-12(2)3-4-12/h5-6,15H,3-4,7,14H2,1-2H3. The molecule has 0 saturated heterocycles. The summed E-state index contributed by atoms with van der Waals surface area (Å²) in [4.78, 5) is 0.125. The van der Waals surface area contributed by atoms with Crippen molar-refractivity contribution in [3.8, 4) is 0 Å². The van der Waals surface area contributed by atoms with Crippen LogP contribution in [0.5, 0.6) is 0 Å². The van der Waals surface area contributed by atoms with Crippen molar-refractivity contribution in [1.29, 1.82) is 0 Å². The molecule has 18 heavy (non-hydrogen) atoms. The van der Waals surface area contributed by atoms with Crippen LogP contribution in [-0.2, 0) is 10.0 Å². The third-order valence-corrected chi connectivity index (χ3v) is 5.23. The predicted molar refractivity (Wildman–Crippen MR) is 73.1 cm³/mol. The highest BCUT2D eigenvalue weighted by atomic mass is 35.5. The van der Waals surface area contributed by atoms with Gasteiger partial charge in [0.2, 0.25) is 10.0 Å². The fourth-order valence-electron chi connectivity index (χ4n) is 1.57. The highest BCUT2D eigenvalue weighted by molar-refractivity contribution is 7.89. The van der Waals surface area contributed by atoms with Crippen molar-refractivity contribution in [2.24, 2.45) is 5.41 Å². The molecule has 1 aliphatic carbocycles. The first-order chi connectivity index (χ1) is 8.23. The second kappa shape index (κ2) is 4.40. The van der Waals surface area contributed by atoms with Crippen LogP contribution in [0.25, 0.3) is 0 Å². The molecule has 0 unspecified atom stereocenters. The van der Waals surface area contributed by atoms with E-state index in [1.165, 1.54) is 12.1 Å². The Morgan fingerprint density at radius 2 is 2.06 bits per heavy atom. The van der Waals surface area contributed by atoms with Crippen LogP contribution in [-0.4, -0.2) is 15.0 Å². The lowest BCUT2D eigenvalue weighted by molar-refractivity contribution is 0.530. The Hall–Kier alpha value is -0.780. The average molecular weight is 289 g/mol. The van der Waals surface area contributed by atoms with E-state index in [9.17, 15) is 8.42 Å². The maximum absolute atomic E-state index is 12.1. The summed E-state index contributed by atoms with van der Waals surface area (Å²) < 4.78 is 26.8. The fourth-order valence-corrected chi connectivity index (χ4v) is 3.12. The van der Waals surface area contributed by atoms with Crippen molar-refractivity contribution in [1.82, 2.24) is 4.72 Å². The molecule has 6 heteroatoms. The lowest BCUT2D eigenvalue weighted by Crippen LogP contribution is -2.29. The van der Waals surface area contributed by atoms with Gasteiger partial charge in [0.25, 0.3) is 0 Å². The first kappa shape index (κ1) is 13.6. The molecule has 1 fully saturated rings. The van der Waals surface area contributed by atoms with Gasteiger partial charge < -0.3 is 5.73 Å². The topological polar surface area (TPSA) is 72.2 Å². The van der Waals surface area contributed by atoms with Crippen LogP contribution in [0.3, 0.4) is 0 Å². The maximum atomic E-state index is 12.1. The maximum Gasteiger partial charge on any atom is 0.240 e. The van der Waals surface area contributed by atoms with Gasteiger partial charge in [-0.25, -0.2) is 13.1 Å². The van der Waals surface area contributed by atoms with Gasteiger partial charge in [0, 0.05) is 17.3 Å². The zero-order chi connectivity index (χ0) is 13.6. The summed E-state index contributed by atoms with van der Waals surface area (Å²) in [5.74, 6) is 0. The minimum Gasteiger partial charge on any atom is -0.398 e. The number of nitrogens with one attached hydrogen (secondary N) is 1. The van der Waals surface area contributed by atoms with Crippen LogP contribution in [0.1, 0.15) is 25.3 Å². The van der Waals surface area contributed by atoms with Crippen LogP contribution >= 0.6 is 11.6 Å². The number of halogens is 1. The number of hydrogen-bond acceptors (Lipinski definition) is 3. The molecule has 0 aromatic heterocycles. The molecule has 0 spiro atoms. The van der Waals surface area contributed by atoms with Gasteiger partial charge in [0.15, 0.2) is 0 Å². The van der Waals surface area contributed by atoms with Gasteiger partial charge in [-0.2, -0.15) is 0 Å². The van der Waals surface area contributed by atoms with Crippen LogP contribution in [0, 0.1) is 12.3 Å². The van der Waals surface area contributed by atoms with Gasteiger partial charge in [-0.3, -0.25) is 0 Å². The van der Waals surface area contributed by atoms with Crippen molar-refractivity contribution >= 4 is 27.3 Å². The fraction of sp³-hybridized carbons (Fsp3) is 0.500. The minimum atomic E-state index is -3.53. The summed E-state index contributed by atoms with van der Waals surface area (Å²) in [7, 11) is -3.53. The summed E-state index contributed by atoms with van der Waals surface area (Å²) >= 11 is 5.96. The van der Waals surface area contributed by atoms with Crippen LogP contribution in [0.15, 0.2) is 17.0 Å². The Labute approximate surface area is 113 Å². The Balaban J connectivity index is 2.24. The SMILES string of the molecule is Cc1c(N)cc(S(=O)(=O)NCC2(C)CC2)cc1Cl. The van der Waals surface area contributed by atoms with Crippen molar-refractivity contribution in [2.45, 2.75) is 31.6 Å². The molecule has 0 atom stereocenters. The molecule has 1 aliphatic rings. The highest BCUT2D eigenvalue weighted by Crippen LogP contribution is 2.44. The summed E-state index contributed by atoms with van der Waals surface area (Å²) in [6.45, 7) is 4.28. The molecular formula is C12H17ClN2O2S. The van der Waals surface area contributed by atoms with E-state index in [2.05, 4.69) is 11.6 Å². The molecule has 0 radical (unpaired) electrons. The van der Waals surface area contributed by atoms with Crippen molar-refractivity contribution in [2.75, 3.05) is 12.3 Å². The Bertz CT molecular complexity index is 557. The predicted octanol–water partition coefficient (Wildman–Crippen LogP) is 2.31. The summed E-state index contributed by atoms with van der Waals surface area (Å²) in [6, 6.07) is 2.88. The third kappa shape index (κ3) is 2.79. The molecular weight excluding hydrogens is 272 g/mol. The van der Waals surface area contributed by atoms with E-state index in [1.807, 2.05) is 0 Å². The van der Waals surface area contributed by atoms with Crippen LogP contribution < -0.4 is 10.5 Å². The molecule has 3 N–H and O–H groups in total. The van der Waals surface area contributed by atoms with E-state index >= 15 is 0 Å². The Kier molecular flexibility index (Phi) is 3.34. The second-order valence-corrected chi connectivity index (χ2v) is 7.43. The van der Waals surface area contributed by atoms with Gasteiger partial charge >= 0.3 is 0 Å². The first-order valence-electron chi connectivity index (χ1n) is 5.79. The lowest BCUT2D eigenvalue weighted by atomic mass is 10.2. The zero-order valence-corrected chi connectivity index (χ0v) is 12.0. The highest BCUT2D eigenvalue weighted by Gasteiger charge is 2.38. The van der Waals surface area contributed by atoms with E-state index < -0.39 is 10.0 Å². The monoisotopic (exact) mass is 288 g/mol. The van der Waals surface area contributed by atoms with Gasteiger partial charge in [-0.15, -0.1) is 0 Å². The quantitative estimate of drug-likeness (QED) is 0.835. The second-order valence-electron chi connectivity index (χ2n) is 5.25. The number of hydrogen-bond donors (Lipinski definition) is 2. The molecule has 0 amide bonds. The Morgan fingerprint density at radius 3 is 2.56 bits per heavy atom. The molecule has 1 aromatic rings. The molecule has 1 saturated carbocycles. The van der Waals surface area contributed by atoms with Crippen molar-refractivity contribution in [3.05, 3.63) is 22.7 Å². The van der Waals surface area contributed by atoms with E-state index in [4.69, 9.17) is 17.3 Å². The van der Waals surface area contributed by atoms with Gasteiger partial charge in [0.05, 0.1) is 4.90 Å².